The third-order valence-electron chi connectivity index (χ3n) is 4.32. The van der Waals surface area contributed by atoms with Crippen LogP contribution in [0.4, 0.5) is 0 Å². The SMILES string of the molecule is C=CC(/C=C\C(Cl)=C/C)C(=C)c1ccccc1Cc1ccc(C#N)cc1Cl. The Labute approximate surface area is 171 Å². The molecule has 0 heterocycles. The van der Waals surface area contributed by atoms with E-state index in [-0.39, 0.29) is 5.92 Å². The van der Waals surface area contributed by atoms with E-state index in [2.05, 4.69) is 31.4 Å². The summed E-state index contributed by atoms with van der Waals surface area (Å²) >= 11 is 12.4. The first-order chi connectivity index (χ1) is 13.0. The minimum atomic E-state index is -0.0312. The molecular formula is C24H21Cl2N. The van der Waals surface area contributed by atoms with Crippen LogP contribution in [0.15, 0.2) is 85.0 Å². The lowest BCUT2D eigenvalue weighted by atomic mass is 9.88. The van der Waals surface area contributed by atoms with Gasteiger partial charge >= 0.3 is 0 Å². The molecule has 0 aliphatic rings. The second-order valence-corrected chi connectivity index (χ2v) is 6.91. The zero-order valence-corrected chi connectivity index (χ0v) is 16.8. The molecule has 136 valence electrons. The lowest BCUT2D eigenvalue weighted by Crippen LogP contribution is -2.01. The topological polar surface area (TPSA) is 23.8 Å². The van der Waals surface area contributed by atoms with Crippen LogP contribution in [-0.2, 0) is 6.42 Å². The molecule has 2 aromatic carbocycles. The van der Waals surface area contributed by atoms with Gasteiger partial charge in [-0.15, -0.1) is 6.58 Å². The summed E-state index contributed by atoms with van der Waals surface area (Å²) in [6, 6.07) is 15.6. The van der Waals surface area contributed by atoms with Gasteiger partial charge in [0.2, 0.25) is 0 Å². The lowest BCUT2D eigenvalue weighted by molar-refractivity contribution is 1.08. The van der Waals surface area contributed by atoms with Crippen molar-refractivity contribution in [3.63, 3.8) is 0 Å². The van der Waals surface area contributed by atoms with E-state index in [1.165, 1.54) is 0 Å². The van der Waals surface area contributed by atoms with E-state index in [1.54, 1.807) is 12.1 Å². The number of nitrogens with zero attached hydrogens (tertiary/aromatic N) is 1. The quantitative estimate of drug-likeness (QED) is 0.357. The summed E-state index contributed by atoms with van der Waals surface area (Å²) in [5, 5.41) is 10.3. The Hall–Kier alpha value is -2.53. The van der Waals surface area contributed by atoms with Gasteiger partial charge in [-0.3, -0.25) is 0 Å². The Balaban J connectivity index is 2.34. The van der Waals surface area contributed by atoms with Crippen molar-refractivity contribution in [2.75, 3.05) is 0 Å². The van der Waals surface area contributed by atoms with E-state index in [9.17, 15) is 0 Å². The van der Waals surface area contributed by atoms with Crippen LogP contribution in [-0.4, -0.2) is 0 Å². The first-order valence-corrected chi connectivity index (χ1v) is 9.34. The second-order valence-electron chi connectivity index (χ2n) is 6.07. The van der Waals surface area contributed by atoms with Crippen LogP contribution in [0.2, 0.25) is 5.02 Å². The number of rotatable bonds is 7. The van der Waals surface area contributed by atoms with Crippen LogP contribution >= 0.6 is 23.2 Å². The van der Waals surface area contributed by atoms with Crippen LogP contribution in [0.1, 0.15) is 29.2 Å². The first-order valence-electron chi connectivity index (χ1n) is 8.58. The molecule has 0 bridgehead atoms. The van der Waals surface area contributed by atoms with Crippen LogP contribution in [0, 0.1) is 17.2 Å². The van der Waals surface area contributed by atoms with Crippen molar-refractivity contribution in [3.05, 3.63) is 112 Å². The van der Waals surface area contributed by atoms with E-state index >= 15 is 0 Å². The molecule has 2 rings (SSSR count). The summed E-state index contributed by atoms with van der Waals surface area (Å²) < 4.78 is 0. The summed E-state index contributed by atoms with van der Waals surface area (Å²) in [7, 11) is 0. The van der Waals surface area contributed by atoms with Gasteiger partial charge in [-0.1, -0.05) is 78.3 Å². The van der Waals surface area contributed by atoms with Crippen molar-refractivity contribution in [2.45, 2.75) is 13.3 Å². The zero-order valence-electron chi connectivity index (χ0n) is 15.3. The van der Waals surface area contributed by atoms with Gasteiger partial charge in [0.25, 0.3) is 0 Å². The summed E-state index contributed by atoms with van der Waals surface area (Å²) in [6.45, 7) is 10.1. The first kappa shape index (κ1) is 20.8. The molecule has 0 amide bonds. The molecule has 0 radical (unpaired) electrons. The third kappa shape index (κ3) is 5.47. The van der Waals surface area contributed by atoms with E-state index in [0.717, 1.165) is 22.3 Å². The molecule has 1 nitrogen and oxygen atoms in total. The van der Waals surface area contributed by atoms with Gasteiger partial charge in [0, 0.05) is 16.0 Å². The number of benzene rings is 2. The molecule has 0 N–H and O–H groups in total. The molecule has 0 saturated carbocycles. The van der Waals surface area contributed by atoms with Crippen molar-refractivity contribution in [1.29, 1.82) is 5.26 Å². The molecule has 0 aliphatic heterocycles. The fourth-order valence-corrected chi connectivity index (χ4v) is 3.08. The predicted octanol–water partition coefficient (Wildman–Crippen LogP) is 7.32. The highest BCUT2D eigenvalue weighted by atomic mass is 35.5. The summed E-state index contributed by atoms with van der Waals surface area (Å²) in [5.74, 6) is -0.0312. The molecule has 0 spiro atoms. The Kier molecular flexibility index (Phi) is 7.67. The van der Waals surface area contributed by atoms with E-state index in [4.69, 9.17) is 28.5 Å². The molecule has 2 aromatic rings. The van der Waals surface area contributed by atoms with Gasteiger partial charge < -0.3 is 0 Å². The molecule has 3 heteroatoms. The summed E-state index contributed by atoms with van der Waals surface area (Å²) in [5.41, 5.74) is 4.65. The Morgan fingerprint density at radius 1 is 1.22 bits per heavy atom. The average Bonchev–Trinajstić information content (AvgIpc) is 2.69. The van der Waals surface area contributed by atoms with Crippen LogP contribution in [0.5, 0.6) is 0 Å². The van der Waals surface area contributed by atoms with Crippen LogP contribution in [0.3, 0.4) is 0 Å². The molecule has 27 heavy (non-hydrogen) atoms. The molecule has 1 atom stereocenters. The van der Waals surface area contributed by atoms with Crippen LogP contribution in [0.25, 0.3) is 5.57 Å². The second kappa shape index (κ2) is 9.97. The minimum Gasteiger partial charge on any atom is -0.192 e. The van der Waals surface area contributed by atoms with Gasteiger partial charge in [0.15, 0.2) is 0 Å². The van der Waals surface area contributed by atoms with Crippen molar-refractivity contribution in [1.82, 2.24) is 0 Å². The fraction of sp³-hybridized carbons (Fsp3) is 0.125. The van der Waals surface area contributed by atoms with Crippen molar-refractivity contribution < 1.29 is 0 Å². The van der Waals surface area contributed by atoms with Gasteiger partial charge in [0.05, 0.1) is 11.6 Å². The van der Waals surface area contributed by atoms with Gasteiger partial charge in [-0.25, -0.2) is 0 Å². The fourth-order valence-electron chi connectivity index (χ4n) is 2.76. The standard InChI is InChI=1S/C24H21Cl2N/c1-4-19(12-13-22(25)5-2)17(3)23-9-7-6-8-20(23)15-21-11-10-18(16-27)14-24(21)26/h4-14,19H,1,3,15H2,2H3/b13-12-,22-5+. The summed E-state index contributed by atoms with van der Waals surface area (Å²) in [6.07, 6.45) is 8.19. The van der Waals surface area contributed by atoms with Gasteiger partial charge in [-0.2, -0.15) is 5.26 Å². The normalized spacial score (nSPS) is 12.6. The summed E-state index contributed by atoms with van der Waals surface area (Å²) in [4.78, 5) is 0. The molecule has 1 unspecified atom stereocenters. The monoisotopic (exact) mass is 393 g/mol. The van der Waals surface area contributed by atoms with E-state index < -0.39 is 0 Å². The number of halogens is 2. The zero-order chi connectivity index (χ0) is 19.8. The highest BCUT2D eigenvalue weighted by Gasteiger charge is 2.13. The number of nitriles is 1. The Bertz CT molecular complexity index is 945. The number of allylic oxidation sites excluding steroid dienone is 6. The predicted molar refractivity (Wildman–Crippen MR) is 117 cm³/mol. The van der Waals surface area contributed by atoms with Gasteiger partial charge in [-0.05, 0) is 53.8 Å². The maximum absolute atomic E-state index is 9.01. The van der Waals surface area contributed by atoms with Crippen LogP contribution < -0.4 is 0 Å². The third-order valence-corrected chi connectivity index (χ3v) is 5.02. The smallest absolute Gasteiger partial charge is 0.0992 e. The van der Waals surface area contributed by atoms with Crippen molar-refractivity contribution in [3.8, 4) is 6.07 Å². The Morgan fingerprint density at radius 3 is 2.59 bits per heavy atom. The van der Waals surface area contributed by atoms with E-state index in [0.29, 0.717) is 22.0 Å². The molecule has 0 fully saturated rings. The average molecular weight is 394 g/mol. The van der Waals surface area contributed by atoms with Gasteiger partial charge in [0.1, 0.15) is 0 Å². The number of hydrogen-bond acceptors (Lipinski definition) is 1. The largest absolute Gasteiger partial charge is 0.192 e. The highest BCUT2D eigenvalue weighted by Crippen LogP contribution is 2.30. The molecule has 0 aromatic heterocycles. The molecule has 0 saturated heterocycles. The van der Waals surface area contributed by atoms with Crippen molar-refractivity contribution >= 4 is 28.8 Å². The maximum Gasteiger partial charge on any atom is 0.0992 e. The Morgan fingerprint density at radius 2 is 1.96 bits per heavy atom. The minimum absolute atomic E-state index is 0.0312. The molecule has 0 aliphatic carbocycles. The highest BCUT2D eigenvalue weighted by molar-refractivity contribution is 6.31. The number of hydrogen-bond donors (Lipinski definition) is 0. The van der Waals surface area contributed by atoms with Crippen molar-refractivity contribution in [2.24, 2.45) is 5.92 Å². The van der Waals surface area contributed by atoms with E-state index in [1.807, 2.05) is 49.4 Å². The molecular weight excluding hydrogens is 373 g/mol. The lowest BCUT2D eigenvalue weighted by Gasteiger charge is -2.17. The maximum atomic E-state index is 9.01.